The SMILES string of the molecule is O=C1NC(=O)C(CCN2CCOCC2)(CS(=O)(=O)N2CCC(Oc3ccc(Cl)cn3)CC2)N1. The number of carbonyl (C=O) groups is 2. The molecule has 0 spiro atoms. The molecule has 0 saturated carbocycles. The largest absolute Gasteiger partial charge is 0.474 e. The summed E-state index contributed by atoms with van der Waals surface area (Å²) in [6.07, 6.45) is 2.50. The van der Waals surface area contributed by atoms with Crippen molar-refractivity contribution in [1.29, 1.82) is 0 Å². The van der Waals surface area contributed by atoms with Gasteiger partial charge in [0.15, 0.2) is 0 Å². The molecule has 2 N–H and O–H groups in total. The van der Waals surface area contributed by atoms with Crippen LogP contribution in [0.2, 0.25) is 5.02 Å². The number of pyridine rings is 1. The van der Waals surface area contributed by atoms with Crippen LogP contribution in [0.4, 0.5) is 4.79 Å². The van der Waals surface area contributed by atoms with Crippen molar-refractivity contribution in [3.05, 3.63) is 23.4 Å². The van der Waals surface area contributed by atoms with Gasteiger partial charge in [0.25, 0.3) is 5.91 Å². The van der Waals surface area contributed by atoms with Crippen LogP contribution in [0.15, 0.2) is 18.3 Å². The molecule has 1 unspecified atom stereocenters. The van der Waals surface area contributed by atoms with Crippen LogP contribution in [0.1, 0.15) is 19.3 Å². The van der Waals surface area contributed by atoms with Crippen molar-refractivity contribution in [2.24, 2.45) is 0 Å². The summed E-state index contributed by atoms with van der Waals surface area (Å²) in [6, 6.07) is 2.69. The number of carbonyl (C=O) groups excluding carboxylic acids is 2. The van der Waals surface area contributed by atoms with E-state index in [-0.39, 0.29) is 25.6 Å². The molecule has 182 valence electrons. The molecule has 13 heteroatoms. The summed E-state index contributed by atoms with van der Waals surface area (Å²) >= 11 is 5.84. The number of hydrogen-bond donors (Lipinski definition) is 2. The molecule has 3 amide bonds. The van der Waals surface area contributed by atoms with Gasteiger partial charge in [0.2, 0.25) is 15.9 Å². The average molecular weight is 502 g/mol. The van der Waals surface area contributed by atoms with E-state index in [1.807, 2.05) is 0 Å². The van der Waals surface area contributed by atoms with E-state index in [2.05, 4.69) is 20.5 Å². The highest BCUT2D eigenvalue weighted by Gasteiger charge is 2.50. The number of sulfonamides is 1. The number of amides is 3. The number of halogens is 1. The van der Waals surface area contributed by atoms with Crippen molar-refractivity contribution < 1.29 is 27.5 Å². The van der Waals surface area contributed by atoms with Crippen molar-refractivity contribution in [3.8, 4) is 5.88 Å². The zero-order valence-electron chi connectivity index (χ0n) is 18.2. The maximum atomic E-state index is 13.2. The molecule has 1 aromatic heterocycles. The minimum absolute atomic E-state index is 0.171. The zero-order chi connectivity index (χ0) is 23.5. The number of morpholine rings is 1. The van der Waals surface area contributed by atoms with E-state index in [1.165, 1.54) is 10.5 Å². The first-order chi connectivity index (χ1) is 15.8. The van der Waals surface area contributed by atoms with Crippen LogP contribution in [0.5, 0.6) is 5.88 Å². The van der Waals surface area contributed by atoms with Crippen molar-refractivity contribution >= 4 is 33.6 Å². The summed E-state index contributed by atoms with van der Waals surface area (Å²) in [7, 11) is -3.81. The normalized spacial score (nSPS) is 25.6. The van der Waals surface area contributed by atoms with E-state index in [4.69, 9.17) is 21.1 Å². The Kier molecular flexibility index (Phi) is 7.39. The van der Waals surface area contributed by atoms with Crippen LogP contribution in [0, 0.1) is 0 Å². The molecular weight excluding hydrogens is 474 g/mol. The molecule has 1 aromatic rings. The monoisotopic (exact) mass is 501 g/mol. The standard InChI is InChI=1S/C20H28ClN5O6S/c21-15-1-2-17(22-13-15)32-16-3-6-26(7-4-16)33(29,30)14-20(18(27)23-19(28)24-20)5-8-25-9-11-31-12-10-25/h1-2,13,16H,3-12,14H2,(H2,23,24,27,28). The summed E-state index contributed by atoms with van der Waals surface area (Å²) in [4.78, 5) is 30.8. The molecule has 1 atom stereocenters. The Labute approximate surface area is 197 Å². The maximum absolute atomic E-state index is 13.2. The lowest BCUT2D eigenvalue weighted by Crippen LogP contribution is -2.57. The first kappa shape index (κ1) is 24.1. The number of imide groups is 1. The van der Waals surface area contributed by atoms with Gasteiger partial charge < -0.3 is 14.8 Å². The number of aromatic nitrogens is 1. The van der Waals surface area contributed by atoms with E-state index < -0.39 is 33.3 Å². The second kappa shape index (κ2) is 10.1. The first-order valence-corrected chi connectivity index (χ1v) is 12.9. The molecule has 3 saturated heterocycles. The van der Waals surface area contributed by atoms with Gasteiger partial charge in [0.05, 0.1) is 24.0 Å². The van der Waals surface area contributed by atoms with Crippen LogP contribution in [-0.4, -0.2) is 97.9 Å². The van der Waals surface area contributed by atoms with Gasteiger partial charge in [-0.25, -0.2) is 22.5 Å². The lowest BCUT2D eigenvalue weighted by atomic mass is 9.97. The molecule has 4 rings (SSSR count). The van der Waals surface area contributed by atoms with Gasteiger partial charge in [-0.1, -0.05) is 11.6 Å². The topological polar surface area (TPSA) is 130 Å². The van der Waals surface area contributed by atoms with Crippen LogP contribution < -0.4 is 15.4 Å². The molecule has 3 fully saturated rings. The summed E-state index contributed by atoms with van der Waals surface area (Å²) in [5.74, 6) is -0.643. The Balaban J connectivity index is 1.37. The van der Waals surface area contributed by atoms with Gasteiger partial charge in [0, 0.05) is 45.0 Å². The van der Waals surface area contributed by atoms with Crippen LogP contribution >= 0.6 is 11.6 Å². The van der Waals surface area contributed by atoms with Gasteiger partial charge in [-0.3, -0.25) is 15.0 Å². The van der Waals surface area contributed by atoms with Crippen molar-refractivity contribution in [2.75, 3.05) is 51.7 Å². The summed E-state index contributed by atoms with van der Waals surface area (Å²) < 4.78 is 39.0. The minimum atomic E-state index is -3.81. The minimum Gasteiger partial charge on any atom is -0.474 e. The average Bonchev–Trinajstić information content (AvgIpc) is 3.07. The molecule has 11 nitrogen and oxygen atoms in total. The highest BCUT2D eigenvalue weighted by Crippen LogP contribution is 2.25. The Morgan fingerprint density at radius 3 is 2.52 bits per heavy atom. The van der Waals surface area contributed by atoms with E-state index in [0.717, 1.165) is 0 Å². The van der Waals surface area contributed by atoms with Crippen LogP contribution in [-0.2, 0) is 19.6 Å². The third kappa shape index (κ3) is 5.93. The van der Waals surface area contributed by atoms with Crippen LogP contribution in [0.3, 0.4) is 0 Å². The maximum Gasteiger partial charge on any atom is 0.322 e. The molecule has 3 aliphatic heterocycles. The number of nitrogens with zero attached hydrogens (tertiary/aromatic N) is 3. The third-order valence-electron chi connectivity index (χ3n) is 6.18. The Bertz CT molecular complexity index is 964. The zero-order valence-corrected chi connectivity index (χ0v) is 19.7. The quantitative estimate of drug-likeness (QED) is 0.483. The molecular formula is C20H28ClN5O6S. The highest BCUT2D eigenvalue weighted by molar-refractivity contribution is 7.89. The summed E-state index contributed by atoms with van der Waals surface area (Å²) in [5.41, 5.74) is -1.49. The molecule has 0 aliphatic carbocycles. The second-order valence-corrected chi connectivity index (χ2v) is 10.9. The molecule has 0 bridgehead atoms. The lowest BCUT2D eigenvalue weighted by molar-refractivity contribution is -0.123. The number of piperidine rings is 1. The summed E-state index contributed by atoms with van der Waals surface area (Å²) in [5, 5.41) is 5.31. The molecule has 0 aromatic carbocycles. The Morgan fingerprint density at radius 1 is 1.18 bits per heavy atom. The molecule has 0 radical (unpaired) electrons. The van der Waals surface area contributed by atoms with Gasteiger partial charge >= 0.3 is 6.03 Å². The van der Waals surface area contributed by atoms with E-state index in [9.17, 15) is 18.0 Å². The predicted octanol–water partition coefficient (Wildman–Crippen LogP) is 0.209. The van der Waals surface area contributed by atoms with Crippen LogP contribution in [0.25, 0.3) is 0 Å². The third-order valence-corrected chi connectivity index (χ3v) is 8.42. The molecule has 33 heavy (non-hydrogen) atoms. The van der Waals surface area contributed by atoms with Gasteiger partial charge in [-0.05, 0) is 25.3 Å². The number of hydrogen-bond acceptors (Lipinski definition) is 8. The highest BCUT2D eigenvalue weighted by atomic mass is 35.5. The fourth-order valence-electron chi connectivity index (χ4n) is 4.29. The van der Waals surface area contributed by atoms with E-state index >= 15 is 0 Å². The van der Waals surface area contributed by atoms with E-state index in [1.54, 1.807) is 12.1 Å². The van der Waals surface area contributed by atoms with E-state index in [0.29, 0.717) is 56.6 Å². The Morgan fingerprint density at radius 2 is 1.91 bits per heavy atom. The predicted molar refractivity (Wildman–Crippen MR) is 120 cm³/mol. The fourth-order valence-corrected chi connectivity index (χ4v) is 6.32. The number of urea groups is 1. The lowest BCUT2D eigenvalue weighted by Gasteiger charge is -2.35. The Hall–Kier alpha value is -1.99. The van der Waals surface area contributed by atoms with Gasteiger partial charge in [-0.15, -0.1) is 0 Å². The second-order valence-electron chi connectivity index (χ2n) is 8.48. The smallest absolute Gasteiger partial charge is 0.322 e. The number of rotatable bonds is 8. The van der Waals surface area contributed by atoms with Gasteiger partial charge in [0.1, 0.15) is 11.6 Å². The molecule has 4 heterocycles. The first-order valence-electron chi connectivity index (χ1n) is 11.0. The molecule has 3 aliphatic rings. The number of ether oxygens (including phenoxy) is 2. The van der Waals surface area contributed by atoms with Crippen molar-refractivity contribution in [2.45, 2.75) is 30.9 Å². The summed E-state index contributed by atoms with van der Waals surface area (Å²) in [6.45, 7) is 3.59. The number of nitrogens with one attached hydrogen (secondary N) is 2. The fraction of sp³-hybridized carbons (Fsp3) is 0.650. The van der Waals surface area contributed by atoms with Crippen molar-refractivity contribution in [3.63, 3.8) is 0 Å². The van der Waals surface area contributed by atoms with Crippen molar-refractivity contribution in [1.82, 2.24) is 24.8 Å². The van der Waals surface area contributed by atoms with Gasteiger partial charge in [-0.2, -0.15) is 0 Å².